The van der Waals surface area contributed by atoms with Gasteiger partial charge in [-0.3, -0.25) is 0 Å². The van der Waals surface area contributed by atoms with Crippen LogP contribution in [0.1, 0.15) is 59.3 Å². The molecule has 0 aromatic carbocycles. The molecule has 0 heterocycles. The minimum atomic E-state index is -0.839. The normalized spacial score (nSPS) is 15.6. The zero-order valence-electron chi connectivity index (χ0n) is 15.9. The van der Waals surface area contributed by atoms with Crippen molar-refractivity contribution in [3.8, 4) is 0 Å². The van der Waals surface area contributed by atoms with Crippen LogP contribution in [0.2, 0.25) is 13.3 Å². The molecule has 0 nitrogen and oxygen atoms in total. The third-order valence-corrected chi connectivity index (χ3v) is 12.8. The standard InChI is InChI=1S/C5H5.C5H4.3C4H9.Fe.Sn/c2*1-2-4-5-3-1;3*1-3-4-2;;/h1-5H;1-4H;3*1,3-4H2,2H3;;/q;-1;;;;;+1. The second kappa shape index (κ2) is 24.3. The van der Waals surface area contributed by atoms with E-state index in [1.54, 1.807) is 13.3 Å². The average molecular weight is 475 g/mol. The molecule has 0 saturated heterocycles. The summed E-state index contributed by atoms with van der Waals surface area (Å²) in [6.07, 6.45) is 29.3. The van der Waals surface area contributed by atoms with Gasteiger partial charge >= 0.3 is 92.4 Å². The van der Waals surface area contributed by atoms with Crippen LogP contribution < -0.4 is 0 Å². The monoisotopic (exact) mass is 476 g/mol. The van der Waals surface area contributed by atoms with Crippen molar-refractivity contribution < 1.29 is 17.1 Å². The molecule has 2 saturated carbocycles. The molecule has 0 N–H and O–H groups in total. The van der Waals surface area contributed by atoms with Gasteiger partial charge in [0.05, 0.1) is 0 Å². The van der Waals surface area contributed by atoms with Gasteiger partial charge in [-0.2, -0.15) is 0 Å². The second-order valence-electron chi connectivity index (χ2n) is 5.91. The van der Waals surface area contributed by atoms with E-state index in [0.29, 0.717) is 0 Å². The molecule has 0 aromatic heterocycles. The van der Waals surface area contributed by atoms with Gasteiger partial charge in [-0.05, 0) is 32.1 Å². The van der Waals surface area contributed by atoms with Gasteiger partial charge in [0, 0.05) is 17.1 Å². The Balaban J connectivity index is 0. The molecule has 0 atom stereocenters. The maximum atomic E-state index is 2.86. The van der Waals surface area contributed by atoms with Crippen LogP contribution in [-0.4, -0.2) is 19.8 Å². The summed E-state index contributed by atoms with van der Waals surface area (Å²) in [5.74, 6) is 0. The third-order valence-electron chi connectivity index (χ3n) is 3.70. The molecule has 0 unspecified atom stereocenters. The fraction of sp³-hybridized carbons (Fsp3) is 0.545. The van der Waals surface area contributed by atoms with Crippen LogP contribution in [0.5, 0.6) is 0 Å². The summed E-state index contributed by atoms with van der Waals surface area (Å²) in [4.78, 5) is 0. The van der Waals surface area contributed by atoms with Crippen LogP contribution in [0.4, 0.5) is 0 Å². The van der Waals surface area contributed by atoms with E-state index in [0.717, 1.165) is 0 Å². The van der Waals surface area contributed by atoms with Crippen molar-refractivity contribution in [3.63, 3.8) is 0 Å². The first-order valence-corrected chi connectivity index (χ1v) is 15.5. The first kappa shape index (κ1) is 27.5. The SMILES string of the molecule is CCC[CH2][Sn+]([CH2]CCC)[CH2]CCC.[C-]1[CH][CH][CH][CH]1.[CH]1[CH][CH][CH][CH]1.[Fe]. The van der Waals surface area contributed by atoms with E-state index in [4.69, 9.17) is 0 Å². The Kier molecular flexibility index (Phi) is 27.9. The Hall–Kier alpha value is 1.32. The van der Waals surface area contributed by atoms with Crippen molar-refractivity contribution in [2.24, 2.45) is 0 Å². The molecule has 0 spiro atoms. The summed E-state index contributed by atoms with van der Waals surface area (Å²) < 4.78 is 5.04. The average Bonchev–Trinajstić information content (AvgIpc) is 3.31. The van der Waals surface area contributed by atoms with Gasteiger partial charge in [-0.1, -0.05) is 12.8 Å². The van der Waals surface area contributed by atoms with Gasteiger partial charge < -0.3 is 6.42 Å². The molecule has 0 aliphatic heterocycles. The Morgan fingerprint density at radius 3 is 1.12 bits per heavy atom. The first-order chi connectivity index (χ1) is 11.3. The van der Waals surface area contributed by atoms with Crippen molar-refractivity contribution >= 4 is 19.8 Å². The van der Waals surface area contributed by atoms with Crippen LogP contribution in [0.25, 0.3) is 0 Å². The van der Waals surface area contributed by atoms with Crippen LogP contribution in [0, 0.1) is 64.2 Å². The van der Waals surface area contributed by atoms with Gasteiger partial charge in [0.1, 0.15) is 0 Å². The third kappa shape index (κ3) is 21.4. The largest absolute Gasteiger partial charge is 0.474 e. The van der Waals surface area contributed by atoms with E-state index in [1.807, 2.05) is 57.8 Å². The molecule has 2 rings (SSSR count). The number of unbranched alkanes of at least 4 members (excludes halogenated alkanes) is 3. The van der Waals surface area contributed by atoms with Crippen LogP contribution in [0.3, 0.4) is 0 Å². The smallest absolute Gasteiger partial charge is 0 e. The van der Waals surface area contributed by atoms with Crippen molar-refractivity contribution in [3.05, 3.63) is 64.2 Å². The van der Waals surface area contributed by atoms with E-state index in [9.17, 15) is 0 Å². The zero-order chi connectivity index (χ0) is 17.0. The van der Waals surface area contributed by atoms with Crippen LogP contribution in [0.15, 0.2) is 0 Å². The van der Waals surface area contributed by atoms with Gasteiger partial charge in [-0.25, -0.2) is 12.8 Å². The predicted octanol–water partition coefficient (Wildman–Crippen LogP) is 6.80. The van der Waals surface area contributed by atoms with E-state index >= 15 is 0 Å². The number of hydrogen-bond acceptors (Lipinski definition) is 0. The Bertz CT molecular complexity index is 156. The van der Waals surface area contributed by atoms with Gasteiger partial charge in [0.25, 0.3) is 0 Å². The molecule has 0 amide bonds. The molecule has 136 valence electrons. The number of rotatable bonds is 9. The van der Waals surface area contributed by atoms with Crippen LogP contribution >= 0.6 is 0 Å². The maximum absolute atomic E-state index is 2.86. The van der Waals surface area contributed by atoms with Crippen molar-refractivity contribution in [1.29, 1.82) is 0 Å². The second-order valence-corrected chi connectivity index (χ2v) is 14.5. The molecule has 24 heavy (non-hydrogen) atoms. The molecular formula is C22H36FeSn. The summed E-state index contributed by atoms with van der Waals surface area (Å²) in [5, 5.41) is 0. The van der Waals surface area contributed by atoms with Gasteiger partial charge in [0.15, 0.2) is 0 Å². The first-order valence-electron chi connectivity index (χ1n) is 9.43. The zero-order valence-corrected chi connectivity index (χ0v) is 19.9. The van der Waals surface area contributed by atoms with E-state index in [-0.39, 0.29) is 17.1 Å². The van der Waals surface area contributed by atoms with Crippen molar-refractivity contribution in [1.82, 2.24) is 0 Å². The van der Waals surface area contributed by atoms with Gasteiger partial charge in [-0.15, -0.1) is 0 Å². The topological polar surface area (TPSA) is 0 Å². The van der Waals surface area contributed by atoms with E-state index < -0.39 is 19.8 Å². The predicted molar refractivity (Wildman–Crippen MR) is 107 cm³/mol. The van der Waals surface area contributed by atoms with Crippen molar-refractivity contribution in [2.75, 3.05) is 0 Å². The fourth-order valence-corrected chi connectivity index (χ4v) is 11.7. The Morgan fingerprint density at radius 2 is 0.917 bits per heavy atom. The van der Waals surface area contributed by atoms with E-state index in [1.165, 1.54) is 38.5 Å². The summed E-state index contributed by atoms with van der Waals surface area (Å²) >= 11 is -0.839. The summed E-state index contributed by atoms with van der Waals surface area (Å²) in [6.45, 7) is 7.00. The Labute approximate surface area is 172 Å². The summed E-state index contributed by atoms with van der Waals surface area (Å²) in [6, 6.07) is 0. The fourth-order valence-electron chi connectivity index (χ4n) is 2.25. The van der Waals surface area contributed by atoms with Crippen LogP contribution in [-0.2, 0) is 17.1 Å². The molecule has 0 aromatic rings. The molecule has 2 heteroatoms. The molecule has 10 radical (unpaired) electrons. The molecule has 0 bridgehead atoms. The molecule has 2 aliphatic rings. The Morgan fingerprint density at radius 1 is 0.583 bits per heavy atom. The van der Waals surface area contributed by atoms with Crippen molar-refractivity contribution in [2.45, 2.75) is 72.6 Å². The molecule has 2 aliphatic carbocycles. The summed E-state index contributed by atoms with van der Waals surface area (Å²) in [5.41, 5.74) is 0. The quantitative estimate of drug-likeness (QED) is 0.254. The van der Waals surface area contributed by atoms with E-state index in [2.05, 4.69) is 27.2 Å². The number of hydrogen-bond donors (Lipinski definition) is 0. The van der Waals surface area contributed by atoms with Gasteiger partial charge in [0.2, 0.25) is 0 Å². The minimum absolute atomic E-state index is 0. The molecular weight excluding hydrogens is 439 g/mol. The molecule has 2 fully saturated rings. The maximum Gasteiger partial charge on any atom is 0 e. The minimum Gasteiger partial charge on any atom is -0.474 e. The summed E-state index contributed by atoms with van der Waals surface area (Å²) in [7, 11) is 0.